The third-order valence-electron chi connectivity index (χ3n) is 3.86. The summed E-state index contributed by atoms with van der Waals surface area (Å²) in [6, 6.07) is 0. The van der Waals surface area contributed by atoms with Crippen LogP contribution in [-0.2, 0) is 9.53 Å². The number of carbonyl (C=O) groups excluding carboxylic acids is 1. The maximum Gasteiger partial charge on any atom is 0.242 e. The Bertz CT molecular complexity index is 305. The predicted molar refractivity (Wildman–Crippen MR) is 70.2 cm³/mol. The number of carbonyl (C=O) groups is 1. The zero-order valence-corrected chi connectivity index (χ0v) is 10.9. The molecule has 2 aliphatic heterocycles. The molecule has 2 saturated heterocycles. The lowest BCUT2D eigenvalue weighted by Gasteiger charge is -2.40. The Morgan fingerprint density at radius 1 is 1.28 bits per heavy atom. The molecule has 0 aromatic rings. The van der Waals surface area contributed by atoms with Gasteiger partial charge >= 0.3 is 0 Å². The molecule has 2 aliphatic rings. The summed E-state index contributed by atoms with van der Waals surface area (Å²) < 4.78 is 5.28. The Morgan fingerprint density at radius 2 is 1.89 bits per heavy atom. The van der Waals surface area contributed by atoms with Crippen LogP contribution in [0.2, 0.25) is 0 Å². The summed E-state index contributed by atoms with van der Waals surface area (Å²) >= 11 is 0. The van der Waals surface area contributed by atoms with E-state index < -0.39 is 5.54 Å². The van der Waals surface area contributed by atoms with Crippen molar-refractivity contribution in [3.05, 3.63) is 12.7 Å². The van der Waals surface area contributed by atoms with Gasteiger partial charge in [0, 0.05) is 45.9 Å². The monoisotopic (exact) mass is 253 g/mol. The number of rotatable bonds is 3. The molecule has 5 heteroatoms. The molecule has 102 valence electrons. The number of nitrogens with zero attached hydrogens (tertiary/aromatic N) is 2. The van der Waals surface area contributed by atoms with Crippen LogP contribution < -0.4 is 5.73 Å². The van der Waals surface area contributed by atoms with Gasteiger partial charge in [-0.3, -0.25) is 9.69 Å². The van der Waals surface area contributed by atoms with Crippen LogP contribution in [0.4, 0.5) is 0 Å². The largest absolute Gasteiger partial charge is 0.381 e. The third kappa shape index (κ3) is 2.91. The van der Waals surface area contributed by atoms with Crippen LogP contribution in [0.15, 0.2) is 12.7 Å². The highest BCUT2D eigenvalue weighted by molar-refractivity contribution is 5.86. The van der Waals surface area contributed by atoms with Crippen molar-refractivity contribution < 1.29 is 9.53 Å². The fraction of sp³-hybridized carbons (Fsp3) is 0.769. The Balaban J connectivity index is 1.88. The van der Waals surface area contributed by atoms with E-state index in [2.05, 4.69) is 11.5 Å². The zero-order chi connectivity index (χ0) is 13.0. The molecule has 0 atom stereocenters. The molecule has 2 heterocycles. The van der Waals surface area contributed by atoms with Crippen LogP contribution >= 0.6 is 0 Å². The van der Waals surface area contributed by atoms with Crippen molar-refractivity contribution in [2.75, 3.05) is 45.9 Å². The smallest absolute Gasteiger partial charge is 0.242 e. The Hall–Kier alpha value is -0.910. The second kappa shape index (κ2) is 5.82. The molecule has 0 aromatic carbocycles. The van der Waals surface area contributed by atoms with E-state index in [-0.39, 0.29) is 5.91 Å². The molecule has 2 fully saturated rings. The lowest BCUT2D eigenvalue weighted by atomic mass is 9.89. The van der Waals surface area contributed by atoms with Crippen LogP contribution in [0.1, 0.15) is 12.8 Å². The molecule has 18 heavy (non-hydrogen) atoms. The van der Waals surface area contributed by atoms with Crippen molar-refractivity contribution in [2.45, 2.75) is 18.4 Å². The molecule has 5 nitrogen and oxygen atoms in total. The van der Waals surface area contributed by atoms with Crippen molar-refractivity contribution in [1.82, 2.24) is 9.80 Å². The number of amides is 1. The van der Waals surface area contributed by atoms with E-state index >= 15 is 0 Å². The maximum absolute atomic E-state index is 12.4. The van der Waals surface area contributed by atoms with Crippen LogP contribution in [-0.4, -0.2) is 67.2 Å². The SMILES string of the molecule is C=CCN1CCN(C(=O)C2(N)CCOCC2)CC1. The number of hydrogen-bond donors (Lipinski definition) is 1. The highest BCUT2D eigenvalue weighted by Crippen LogP contribution is 2.21. The fourth-order valence-corrected chi connectivity index (χ4v) is 2.58. The van der Waals surface area contributed by atoms with Gasteiger partial charge in [0.05, 0.1) is 5.54 Å². The lowest BCUT2D eigenvalue weighted by Crippen LogP contribution is -2.61. The van der Waals surface area contributed by atoms with Gasteiger partial charge in [0.25, 0.3) is 0 Å². The average Bonchev–Trinajstić information content (AvgIpc) is 2.40. The van der Waals surface area contributed by atoms with Crippen molar-refractivity contribution >= 4 is 5.91 Å². The fourth-order valence-electron chi connectivity index (χ4n) is 2.58. The first-order valence-corrected chi connectivity index (χ1v) is 6.65. The van der Waals surface area contributed by atoms with Crippen LogP contribution in [0.3, 0.4) is 0 Å². The number of piperazine rings is 1. The molecule has 2 N–H and O–H groups in total. The summed E-state index contributed by atoms with van der Waals surface area (Å²) in [7, 11) is 0. The zero-order valence-electron chi connectivity index (χ0n) is 10.9. The number of hydrogen-bond acceptors (Lipinski definition) is 4. The Kier molecular flexibility index (Phi) is 4.37. The summed E-state index contributed by atoms with van der Waals surface area (Å²) in [5.41, 5.74) is 5.53. The summed E-state index contributed by atoms with van der Waals surface area (Å²) in [5, 5.41) is 0. The molecule has 0 saturated carbocycles. The maximum atomic E-state index is 12.4. The van der Waals surface area contributed by atoms with Crippen LogP contribution in [0.25, 0.3) is 0 Å². The van der Waals surface area contributed by atoms with E-state index in [1.54, 1.807) is 0 Å². The molecule has 1 amide bonds. The molecule has 0 bridgehead atoms. The van der Waals surface area contributed by atoms with E-state index in [0.717, 1.165) is 32.7 Å². The minimum atomic E-state index is -0.696. The number of ether oxygens (including phenoxy) is 1. The van der Waals surface area contributed by atoms with Gasteiger partial charge in [0.15, 0.2) is 0 Å². The van der Waals surface area contributed by atoms with E-state index in [1.165, 1.54) is 0 Å². The lowest BCUT2D eigenvalue weighted by molar-refractivity contribution is -0.142. The molecule has 0 spiro atoms. The van der Waals surface area contributed by atoms with E-state index in [0.29, 0.717) is 26.1 Å². The molecule has 0 aromatic heterocycles. The van der Waals surface area contributed by atoms with E-state index in [1.807, 2.05) is 11.0 Å². The second-order valence-electron chi connectivity index (χ2n) is 5.15. The van der Waals surface area contributed by atoms with E-state index in [9.17, 15) is 4.79 Å². The van der Waals surface area contributed by atoms with Gasteiger partial charge in [0.2, 0.25) is 5.91 Å². The summed E-state index contributed by atoms with van der Waals surface area (Å²) in [4.78, 5) is 16.6. The standard InChI is InChI=1S/C13H23N3O2/c1-2-5-15-6-8-16(9-7-15)12(17)13(14)3-10-18-11-4-13/h2H,1,3-11,14H2. The van der Waals surface area contributed by atoms with Crippen molar-refractivity contribution in [3.63, 3.8) is 0 Å². The predicted octanol–water partition coefficient (Wildman–Crippen LogP) is -0.175. The van der Waals surface area contributed by atoms with Gasteiger partial charge < -0.3 is 15.4 Å². The molecule has 0 radical (unpaired) electrons. The molecule has 0 aliphatic carbocycles. The molecular weight excluding hydrogens is 230 g/mol. The van der Waals surface area contributed by atoms with Crippen LogP contribution in [0, 0.1) is 0 Å². The quantitative estimate of drug-likeness (QED) is 0.709. The van der Waals surface area contributed by atoms with Crippen molar-refractivity contribution in [2.24, 2.45) is 5.73 Å². The third-order valence-corrected chi connectivity index (χ3v) is 3.86. The highest BCUT2D eigenvalue weighted by atomic mass is 16.5. The molecule has 0 unspecified atom stereocenters. The first-order valence-electron chi connectivity index (χ1n) is 6.65. The Labute approximate surface area is 109 Å². The summed E-state index contributed by atoms with van der Waals surface area (Å²) in [6.45, 7) is 9.18. The topological polar surface area (TPSA) is 58.8 Å². The van der Waals surface area contributed by atoms with Gasteiger partial charge in [-0.25, -0.2) is 0 Å². The van der Waals surface area contributed by atoms with Gasteiger partial charge in [-0.05, 0) is 12.8 Å². The van der Waals surface area contributed by atoms with Gasteiger partial charge in [-0.2, -0.15) is 0 Å². The van der Waals surface area contributed by atoms with Crippen molar-refractivity contribution in [1.29, 1.82) is 0 Å². The highest BCUT2D eigenvalue weighted by Gasteiger charge is 2.39. The van der Waals surface area contributed by atoms with Crippen molar-refractivity contribution in [3.8, 4) is 0 Å². The minimum absolute atomic E-state index is 0.101. The normalized spacial score (nSPS) is 24.8. The number of nitrogens with two attached hydrogens (primary N) is 1. The Morgan fingerprint density at radius 3 is 2.44 bits per heavy atom. The van der Waals surface area contributed by atoms with Gasteiger partial charge in [-0.15, -0.1) is 6.58 Å². The minimum Gasteiger partial charge on any atom is -0.381 e. The molecule has 2 rings (SSSR count). The first-order chi connectivity index (χ1) is 8.65. The second-order valence-corrected chi connectivity index (χ2v) is 5.15. The van der Waals surface area contributed by atoms with Crippen LogP contribution in [0.5, 0.6) is 0 Å². The summed E-state index contributed by atoms with van der Waals surface area (Å²) in [6.07, 6.45) is 3.18. The van der Waals surface area contributed by atoms with Gasteiger partial charge in [0.1, 0.15) is 0 Å². The average molecular weight is 253 g/mol. The molecular formula is C13H23N3O2. The first kappa shape index (κ1) is 13.5. The summed E-state index contributed by atoms with van der Waals surface area (Å²) in [5.74, 6) is 0.101. The van der Waals surface area contributed by atoms with E-state index in [4.69, 9.17) is 10.5 Å². The van der Waals surface area contributed by atoms with Gasteiger partial charge in [-0.1, -0.05) is 6.08 Å².